The number of rotatable bonds is 11. The third-order valence-electron chi connectivity index (χ3n) is 5.16. The van der Waals surface area contributed by atoms with Crippen molar-refractivity contribution >= 4 is 29.3 Å². The van der Waals surface area contributed by atoms with E-state index in [0.717, 1.165) is 62.6 Å². The number of halogens is 2. The number of hydrogen-bond donors (Lipinski definition) is 3. The van der Waals surface area contributed by atoms with E-state index in [2.05, 4.69) is 32.7 Å². The summed E-state index contributed by atoms with van der Waals surface area (Å²) >= 11 is 5.80. The second-order valence-electron chi connectivity index (χ2n) is 7.54. The molecule has 3 heterocycles. The smallest absolute Gasteiger partial charge is 0.326 e. The first-order chi connectivity index (χ1) is 15.5. The zero-order valence-corrected chi connectivity index (χ0v) is 18.3. The number of carbonyl (C=O) groups excluding carboxylic acids is 1. The normalized spacial score (nSPS) is 13.7. The zero-order valence-electron chi connectivity index (χ0n) is 17.6. The molecular formula is C22H26ClFN4O4. The SMILES string of the molecule is O=C(N[C@@H](CCOCCCCc1ccc2c(n1)NCCC2)C(=O)O)c1c(F)cncc1Cl. The number of carboxylic acids is 1. The van der Waals surface area contributed by atoms with Crippen molar-refractivity contribution in [2.75, 3.05) is 25.1 Å². The van der Waals surface area contributed by atoms with Gasteiger partial charge in [0.1, 0.15) is 11.9 Å². The van der Waals surface area contributed by atoms with Crippen LogP contribution < -0.4 is 10.6 Å². The molecule has 2 aromatic rings. The first-order valence-electron chi connectivity index (χ1n) is 10.6. The molecule has 172 valence electrons. The van der Waals surface area contributed by atoms with Crippen LogP contribution in [0.2, 0.25) is 5.02 Å². The van der Waals surface area contributed by atoms with Crippen molar-refractivity contribution < 1.29 is 23.8 Å². The summed E-state index contributed by atoms with van der Waals surface area (Å²) < 4.78 is 19.3. The number of carbonyl (C=O) groups is 2. The number of aromatic nitrogens is 2. The number of unbranched alkanes of at least 4 members (excludes halogenated alkanes) is 1. The molecule has 3 rings (SSSR count). The Kier molecular flexibility index (Phi) is 8.75. The summed E-state index contributed by atoms with van der Waals surface area (Å²) in [4.78, 5) is 31.9. The lowest BCUT2D eigenvalue weighted by atomic mass is 10.1. The highest BCUT2D eigenvalue weighted by atomic mass is 35.5. The molecular weight excluding hydrogens is 439 g/mol. The van der Waals surface area contributed by atoms with Gasteiger partial charge >= 0.3 is 5.97 Å². The first-order valence-corrected chi connectivity index (χ1v) is 11.0. The summed E-state index contributed by atoms with van der Waals surface area (Å²) in [6.45, 7) is 1.57. The maximum absolute atomic E-state index is 13.8. The summed E-state index contributed by atoms with van der Waals surface area (Å²) in [7, 11) is 0. The van der Waals surface area contributed by atoms with Crippen LogP contribution in [0.1, 0.15) is 47.3 Å². The number of aryl methyl sites for hydroxylation is 2. The molecule has 8 nitrogen and oxygen atoms in total. The molecule has 0 aromatic carbocycles. The number of anilines is 1. The fourth-order valence-corrected chi connectivity index (χ4v) is 3.67. The van der Waals surface area contributed by atoms with Gasteiger partial charge in [-0.15, -0.1) is 0 Å². The molecule has 0 fully saturated rings. The van der Waals surface area contributed by atoms with Crippen molar-refractivity contribution in [3.63, 3.8) is 0 Å². The molecule has 1 amide bonds. The van der Waals surface area contributed by atoms with Crippen molar-refractivity contribution in [3.05, 3.63) is 52.2 Å². The second-order valence-corrected chi connectivity index (χ2v) is 7.95. The first kappa shape index (κ1) is 23.9. The minimum absolute atomic E-state index is 0.0451. The molecule has 0 saturated heterocycles. The Labute approximate surface area is 190 Å². The third-order valence-corrected chi connectivity index (χ3v) is 5.44. The summed E-state index contributed by atoms with van der Waals surface area (Å²) in [5, 5.41) is 14.8. The predicted molar refractivity (Wildman–Crippen MR) is 118 cm³/mol. The summed E-state index contributed by atoms with van der Waals surface area (Å²) in [5.74, 6) is -2.08. The Balaban J connectivity index is 1.36. The van der Waals surface area contributed by atoms with Gasteiger partial charge in [0.05, 0.1) is 16.8 Å². The van der Waals surface area contributed by atoms with Gasteiger partial charge < -0.3 is 20.5 Å². The van der Waals surface area contributed by atoms with Gasteiger partial charge in [-0.05, 0) is 43.7 Å². The molecule has 0 radical (unpaired) electrons. The molecule has 1 aliphatic rings. The van der Waals surface area contributed by atoms with E-state index in [4.69, 9.17) is 16.3 Å². The summed E-state index contributed by atoms with van der Waals surface area (Å²) in [6.07, 6.45) is 6.73. The number of fused-ring (bicyclic) bond motifs is 1. The zero-order chi connectivity index (χ0) is 22.9. The van der Waals surface area contributed by atoms with Crippen LogP contribution >= 0.6 is 11.6 Å². The highest BCUT2D eigenvalue weighted by Crippen LogP contribution is 2.20. The van der Waals surface area contributed by atoms with Gasteiger partial charge in [0, 0.05) is 38.1 Å². The van der Waals surface area contributed by atoms with Crippen molar-refractivity contribution in [2.45, 2.75) is 44.6 Å². The van der Waals surface area contributed by atoms with Crippen LogP contribution in [-0.2, 0) is 22.4 Å². The summed E-state index contributed by atoms with van der Waals surface area (Å²) in [6, 6.07) is 2.97. The van der Waals surface area contributed by atoms with Gasteiger partial charge in [-0.1, -0.05) is 17.7 Å². The van der Waals surface area contributed by atoms with E-state index in [-0.39, 0.29) is 18.1 Å². The fraction of sp³-hybridized carbons (Fsp3) is 0.455. The lowest BCUT2D eigenvalue weighted by Crippen LogP contribution is -2.42. The average Bonchev–Trinajstić information content (AvgIpc) is 2.77. The Morgan fingerprint density at radius 1 is 1.28 bits per heavy atom. The number of ether oxygens (including phenoxy) is 1. The number of nitrogens with one attached hydrogen (secondary N) is 2. The average molecular weight is 465 g/mol. The third kappa shape index (κ3) is 6.61. The maximum Gasteiger partial charge on any atom is 0.326 e. The van der Waals surface area contributed by atoms with E-state index < -0.39 is 29.3 Å². The molecule has 0 unspecified atom stereocenters. The number of carboxylic acid groups (broad SMARTS) is 1. The number of nitrogens with zero attached hydrogens (tertiary/aromatic N) is 2. The summed E-state index contributed by atoms with van der Waals surface area (Å²) in [5.41, 5.74) is 1.87. The van der Waals surface area contributed by atoms with Crippen LogP contribution in [0.5, 0.6) is 0 Å². The van der Waals surface area contributed by atoms with Gasteiger partial charge in [0.15, 0.2) is 5.82 Å². The highest BCUT2D eigenvalue weighted by molar-refractivity contribution is 6.33. The van der Waals surface area contributed by atoms with E-state index >= 15 is 0 Å². The monoisotopic (exact) mass is 464 g/mol. The second kappa shape index (κ2) is 11.7. The molecule has 10 heteroatoms. The van der Waals surface area contributed by atoms with E-state index in [1.165, 1.54) is 5.56 Å². The Bertz CT molecular complexity index is 939. The Morgan fingerprint density at radius 3 is 2.91 bits per heavy atom. The van der Waals surface area contributed by atoms with Crippen LogP contribution in [-0.4, -0.2) is 52.8 Å². The maximum atomic E-state index is 13.8. The quantitative estimate of drug-likeness (QED) is 0.437. The molecule has 0 spiro atoms. The number of pyridine rings is 2. The van der Waals surface area contributed by atoms with Crippen LogP contribution in [0.25, 0.3) is 0 Å². The molecule has 1 atom stereocenters. The van der Waals surface area contributed by atoms with Gasteiger partial charge in [-0.3, -0.25) is 9.78 Å². The van der Waals surface area contributed by atoms with E-state index in [1.54, 1.807) is 0 Å². The fourth-order valence-electron chi connectivity index (χ4n) is 3.44. The van der Waals surface area contributed by atoms with Crippen LogP contribution in [0.3, 0.4) is 0 Å². The Morgan fingerprint density at radius 2 is 2.12 bits per heavy atom. The minimum Gasteiger partial charge on any atom is -0.480 e. The number of amides is 1. The van der Waals surface area contributed by atoms with Gasteiger partial charge in [-0.25, -0.2) is 14.2 Å². The molecule has 3 N–H and O–H groups in total. The van der Waals surface area contributed by atoms with Crippen molar-refractivity contribution in [1.29, 1.82) is 0 Å². The van der Waals surface area contributed by atoms with E-state index in [0.29, 0.717) is 6.61 Å². The standard InChI is InChI=1S/C22H26ClFN4O4/c23-16-12-25-13-17(24)19(16)21(29)28-18(22(30)31)8-11-32-10-2-1-5-15-7-6-14-4-3-9-26-20(14)27-15/h6-7,12-13,18H,1-5,8-11H2,(H,26,27)(H,28,29)(H,30,31)/t18-/m0/s1. The minimum atomic E-state index is -1.24. The van der Waals surface area contributed by atoms with Crippen molar-refractivity contribution in [1.82, 2.24) is 15.3 Å². The molecule has 0 bridgehead atoms. The highest BCUT2D eigenvalue weighted by Gasteiger charge is 2.24. The van der Waals surface area contributed by atoms with Crippen LogP contribution in [0.15, 0.2) is 24.5 Å². The van der Waals surface area contributed by atoms with Crippen LogP contribution in [0, 0.1) is 5.82 Å². The number of aliphatic carboxylic acids is 1. The molecule has 0 saturated carbocycles. The van der Waals surface area contributed by atoms with Gasteiger partial charge in [-0.2, -0.15) is 0 Å². The molecule has 0 aliphatic carbocycles. The Hall–Kier alpha value is -2.78. The lowest BCUT2D eigenvalue weighted by Gasteiger charge is -2.17. The van der Waals surface area contributed by atoms with Crippen molar-refractivity contribution in [2.24, 2.45) is 0 Å². The van der Waals surface area contributed by atoms with E-state index in [9.17, 15) is 19.1 Å². The van der Waals surface area contributed by atoms with Crippen molar-refractivity contribution in [3.8, 4) is 0 Å². The number of hydrogen-bond acceptors (Lipinski definition) is 6. The van der Waals surface area contributed by atoms with E-state index in [1.807, 2.05) is 0 Å². The lowest BCUT2D eigenvalue weighted by molar-refractivity contribution is -0.139. The molecule has 2 aromatic heterocycles. The topological polar surface area (TPSA) is 113 Å². The van der Waals surface area contributed by atoms with Gasteiger partial charge in [0.25, 0.3) is 5.91 Å². The van der Waals surface area contributed by atoms with Gasteiger partial charge in [0.2, 0.25) is 0 Å². The predicted octanol–water partition coefficient (Wildman–Crippen LogP) is 3.24. The van der Waals surface area contributed by atoms with Crippen LogP contribution in [0.4, 0.5) is 10.2 Å². The largest absolute Gasteiger partial charge is 0.480 e. The molecule has 32 heavy (non-hydrogen) atoms. The molecule has 1 aliphatic heterocycles.